The lowest BCUT2D eigenvalue weighted by Gasteiger charge is -2.09. The summed E-state index contributed by atoms with van der Waals surface area (Å²) in [5.74, 6) is 1.27. The summed E-state index contributed by atoms with van der Waals surface area (Å²) >= 11 is 3.99. The number of nitrogens with one attached hydrogen (secondary N) is 1. The lowest BCUT2D eigenvalue weighted by molar-refractivity contribution is 0.125. The van der Waals surface area contributed by atoms with Crippen molar-refractivity contribution in [1.29, 1.82) is 5.26 Å². The number of carbonyl (C=O) groups is 1. The van der Waals surface area contributed by atoms with Crippen LogP contribution in [-0.2, 0) is 4.74 Å². The molecule has 2 aromatic rings. The maximum atomic E-state index is 11.2. The number of nitriles is 1. The number of ether oxygens (including phenoxy) is 2. The normalized spacial score (nSPS) is 9.83. The van der Waals surface area contributed by atoms with Crippen LogP contribution in [0.2, 0.25) is 0 Å². The molecule has 0 heterocycles. The largest absolute Gasteiger partial charge is 0.490 e. The van der Waals surface area contributed by atoms with E-state index in [4.69, 9.17) is 14.7 Å². The minimum absolute atomic E-state index is 0.176. The van der Waals surface area contributed by atoms with Gasteiger partial charge >= 0.3 is 6.09 Å². The molecule has 0 aliphatic rings. The summed E-state index contributed by atoms with van der Waals surface area (Å²) < 4.78 is 10.5. The van der Waals surface area contributed by atoms with Crippen LogP contribution in [0.1, 0.15) is 5.56 Å². The highest BCUT2D eigenvalue weighted by Crippen LogP contribution is 2.22. The van der Waals surface area contributed by atoms with Crippen molar-refractivity contribution in [2.24, 2.45) is 0 Å². The molecule has 0 fully saturated rings. The van der Waals surface area contributed by atoms with Crippen LogP contribution in [0.4, 0.5) is 4.79 Å². The zero-order valence-electron chi connectivity index (χ0n) is 13.1. The standard InChI is InChI=1S/C18H18N2O3S/c19-13-14-1-3-15(4-2-14)16-5-7-17(8-6-16)22-10-11-23-18(21)20-9-12-24/h1-8,24H,9-12H2,(H,20,21). The molecule has 2 aromatic carbocycles. The molecule has 24 heavy (non-hydrogen) atoms. The van der Waals surface area contributed by atoms with Gasteiger partial charge in [0.25, 0.3) is 0 Å². The predicted octanol–water partition coefficient (Wildman–Crippen LogP) is 3.26. The molecule has 5 nitrogen and oxygen atoms in total. The van der Waals surface area contributed by atoms with E-state index in [0.29, 0.717) is 23.6 Å². The minimum Gasteiger partial charge on any atom is -0.490 e. The van der Waals surface area contributed by atoms with Gasteiger partial charge in [0.1, 0.15) is 19.0 Å². The Bertz CT molecular complexity index is 694. The summed E-state index contributed by atoms with van der Waals surface area (Å²) in [4.78, 5) is 11.2. The molecule has 1 amide bonds. The highest BCUT2D eigenvalue weighted by molar-refractivity contribution is 7.80. The molecule has 124 valence electrons. The first kappa shape index (κ1) is 17.7. The summed E-state index contributed by atoms with van der Waals surface area (Å²) in [5.41, 5.74) is 2.70. The minimum atomic E-state index is -0.469. The quantitative estimate of drug-likeness (QED) is 0.598. The second-order valence-electron chi connectivity index (χ2n) is 4.85. The van der Waals surface area contributed by atoms with E-state index in [1.807, 2.05) is 36.4 Å². The molecule has 0 unspecified atom stereocenters. The fraction of sp³-hybridized carbons (Fsp3) is 0.222. The van der Waals surface area contributed by atoms with E-state index >= 15 is 0 Å². The lowest BCUT2D eigenvalue weighted by atomic mass is 10.0. The molecule has 0 saturated heterocycles. The fourth-order valence-corrected chi connectivity index (χ4v) is 2.10. The number of amides is 1. The van der Waals surface area contributed by atoms with Gasteiger partial charge in [-0.15, -0.1) is 0 Å². The molecule has 0 spiro atoms. The van der Waals surface area contributed by atoms with Gasteiger partial charge < -0.3 is 14.8 Å². The fourth-order valence-electron chi connectivity index (χ4n) is 1.98. The summed E-state index contributed by atoms with van der Waals surface area (Å²) in [7, 11) is 0. The third-order valence-corrected chi connectivity index (χ3v) is 3.39. The predicted molar refractivity (Wildman–Crippen MR) is 95.3 cm³/mol. The Morgan fingerprint density at radius 2 is 1.67 bits per heavy atom. The molecule has 0 aromatic heterocycles. The van der Waals surface area contributed by atoms with E-state index < -0.39 is 6.09 Å². The number of nitrogens with zero attached hydrogens (tertiary/aromatic N) is 1. The van der Waals surface area contributed by atoms with Crippen molar-refractivity contribution in [2.75, 3.05) is 25.5 Å². The van der Waals surface area contributed by atoms with Crippen molar-refractivity contribution in [3.63, 3.8) is 0 Å². The van der Waals surface area contributed by atoms with Crippen LogP contribution in [-0.4, -0.2) is 31.6 Å². The topological polar surface area (TPSA) is 71.3 Å². The highest BCUT2D eigenvalue weighted by atomic mass is 32.1. The first-order valence-electron chi connectivity index (χ1n) is 7.48. The number of alkyl carbamates (subject to hydrolysis) is 1. The van der Waals surface area contributed by atoms with Crippen LogP contribution < -0.4 is 10.1 Å². The molecule has 0 aliphatic heterocycles. The molecule has 0 atom stereocenters. The number of carbonyl (C=O) groups excluding carboxylic acids is 1. The Kier molecular flexibility index (Phi) is 6.99. The maximum absolute atomic E-state index is 11.2. The van der Waals surface area contributed by atoms with Crippen molar-refractivity contribution in [3.8, 4) is 22.9 Å². The molecule has 2 rings (SSSR count). The third kappa shape index (κ3) is 5.52. The highest BCUT2D eigenvalue weighted by Gasteiger charge is 2.02. The summed E-state index contributed by atoms with van der Waals surface area (Å²) in [6.45, 7) is 0.930. The Hall–Kier alpha value is -2.65. The van der Waals surface area contributed by atoms with Gasteiger partial charge in [-0.05, 0) is 35.4 Å². The molecular weight excluding hydrogens is 324 g/mol. The SMILES string of the molecule is N#Cc1ccc(-c2ccc(OCCOC(=O)NCCS)cc2)cc1. The van der Waals surface area contributed by atoms with Gasteiger partial charge in [0.15, 0.2) is 0 Å². The van der Waals surface area contributed by atoms with E-state index in [1.165, 1.54) is 0 Å². The molecule has 0 bridgehead atoms. The summed E-state index contributed by atoms with van der Waals surface area (Å²) in [5, 5.41) is 11.4. The first-order valence-corrected chi connectivity index (χ1v) is 8.11. The number of rotatable bonds is 7. The van der Waals surface area contributed by atoms with Gasteiger partial charge in [0.2, 0.25) is 0 Å². The summed E-state index contributed by atoms with van der Waals surface area (Å²) in [6, 6.07) is 17.1. The van der Waals surface area contributed by atoms with E-state index in [9.17, 15) is 4.79 Å². The Labute approximate surface area is 146 Å². The van der Waals surface area contributed by atoms with E-state index in [2.05, 4.69) is 24.0 Å². The van der Waals surface area contributed by atoms with Gasteiger partial charge in [-0.3, -0.25) is 0 Å². The smallest absolute Gasteiger partial charge is 0.407 e. The molecular formula is C18H18N2O3S. The van der Waals surface area contributed by atoms with E-state index in [-0.39, 0.29) is 13.2 Å². The van der Waals surface area contributed by atoms with Crippen molar-refractivity contribution in [2.45, 2.75) is 0 Å². The molecule has 0 radical (unpaired) electrons. The number of hydrogen-bond donors (Lipinski definition) is 2. The van der Waals surface area contributed by atoms with Crippen LogP contribution in [0.3, 0.4) is 0 Å². The van der Waals surface area contributed by atoms with Gasteiger partial charge in [0, 0.05) is 12.3 Å². The second-order valence-corrected chi connectivity index (χ2v) is 5.30. The van der Waals surface area contributed by atoms with Crippen LogP contribution in [0, 0.1) is 11.3 Å². The van der Waals surface area contributed by atoms with E-state index in [0.717, 1.165) is 11.1 Å². The molecule has 0 saturated carbocycles. The summed E-state index contributed by atoms with van der Waals surface area (Å²) in [6.07, 6.45) is -0.469. The molecule has 0 aliphatic carbocycles. The average Bonchev–Trinajstić information content (AvgIpc) is 2.64. The monoisotopic (exact) mass is 342 g/mol. The van der Waals surface area contributed by atoms with Crippen molar-refractivity contribution >= 4 is 18.7 Å². The average molecular weight is 342 g/mol. The zero-order chi connectivity index (χ0) is 17.2. The van der Waals surface area contributed by atoms with Crippen molar-refractivity contribution < 1.29 is 14.3 Å². The van der Waals surface area contributed by atoms with E-state index in [1.54, 1.807) is 12.1 Å². The van der Waals surface area contributed by atoms with Gasteiger partial charge in [0.05, 0.1) is 11.6 Å². The van der Waals surface area contributed by atoms with Crippen LogP contribution in [0.25, 0.3) is 11.1 Å². The third-order valence-electron chi connectivity index (χ3n) is 3.17. The maximum Gasteiger partial charge on any atom is 0.407 e. The number of thiol groups is 1. The Morgan fingerprint density at radius 3 is 2.25 bits per heavy atom. The van der Waals surface area contributed by atoms with Crippen LogP contribution >= 0.6 is 12.6 Å². The van der Waals surface area contributed by atoms with Crippen LogP contribution in [0.5, 0.6) is 5.75 Å². The molecule has 1 N–H and O–H groups in total. The zero-order valence-corrected chi connectivity index (χ0v) is 14.0. The van der Waals surface area contributed by atoms with Crippen molar-refractivity contribution in [3.05, 3.63) is 54.1 Å². The first-order chi connectivity index (χ1) is 11.7. The van der Waals surface area contributed by atoms with Gasteiger partial charge in [-0.25, -0.2) is 4.79 Å². The second kappa shape index (κ2) is 9.48. The van der Waals surface area contributed by atoms with Gasteiger partial charge in [-0.2, -0.15) is 17.9 Å². The Morgan fingerprint density at radius 1 is 1.04 bits per heavy atom. The van der Waals surface area contributed by atoms with Crippen molar-refractivity contribution in [1.82, 2.24) is 5.32 Å². The van der Waals surface area contributed by atoms with Gasteiger partial charge in [-0.1, -0.05) is 24.3 Å². The Balaban J connectivity index is 1.79. The number of hydrogen-bond acceptors (Lipinski definition) is 5. The lowest BCUT2D eigenvalue weighted by Crippen LogP contribution is -2.27. The van der Waals surface area contributed by atoms with Crippen LogP contribution in [0.15, 0.2) is 48.5 Å². The molecule has 6 heteroatoms. The number of benzene rings is 2.